The van der Waals surface area contributed by atoms with Gasteiger partial charge in [-0.15, -0.1) is 0 Å². The van der Waals surface area contributed by atoms with Crippen molar-refractivity contribution in [3.8, 4) is 0 Å². The molecule has 0 atom stereocenters. The van der Waals surface area contributed by atoms with E-state index in [4.69, 9.17) is 0 Å². The highest BCUT2D eigenvalue weighted by molar-refractivity contribution is 4.92. The van der Waals surface area contributed by atoms with Crippen molar-refractivity contribution in [2.45, 2.75) is 44.5 Å². The van der Waals surface area contributed by atoms with Gasteiger partial charge in [-0.05, 0) is 32.7 Å². The molecule has 1 aliphatic rings. The largest absolute Gasteiger partial charge is 0.417 e. The van der Waals surface area contributed by atoms with Gasteiger partial charge in [0.05, 0.1) is 0 Å². The van der Waals surface area contributed by atoms with E-state index in [2.05, 4.69) is 4.98 Å². The Morgan fingerprint density at radius 1 is 1.30 bits per heavy atom. The van der Waals surface area contributed by atoms with Crippen LogP contribution in [-0.2, 0) is 6.54 Å². The molecule has 1 aliphatic heterocycles. The van der Waals surface area contributed by atoms with Crippen LogP contribution in [0, 0.1) is 6.92 Å². The van der Waals surface area contributed by atoms with Crippen LogP contribution in [0.2, 0.25) is 0 Å². The summed E-state index contributed by atoms with van der Waals surface area (Å²) in [5, 5.41) is 9.57. The molecule has 1 aromatic rings. The van der Waals surface area contributed by atoms with E-state index < -0.39 is 11.8 Å². The first-order valence-corrected chi connectivity index (χ1v) is 6.81. The minimum Gasteiger partial charge on any atom is -0.380 e. The van der Waals surface area contributed by atoms with Crippen LogP contribution >= 0.6 is 0 Å². The molecule has 1 N–H and O–H groups in total. The molecule has 2 rings (SSSR count). The summed E-state index contributed by atoms with van der Waals surface area (Å²) in [6.07, 6.45) is -0.497. The fourth-order valence-electron chi connectivity index (χ4n) is 2.53. The molecule has 0 radical (unpaired) electrons. The second-order valence-corrected chi connectivity index (χ2v) is 5.39. The normalized spacial score (nSPS) is 20.2. The van der Waals surface area contributed by atoms with E-state index in [9.17, 15) is 18.3 Å². The summed E-state index contributed by atoms with van der Waals surface area (Å²) in [5.74, 6) is 0.940. The average Bonchev–Trinajstić information content (AvgIpc) is 2.76. The minimum absolute atomic E-state index is 0.236. The Morgan fingerprint density at radius 2 is 1.95 bits per heavy atom. The van der Waals surface area contributed by atoms with E-state index in [0.29, 0.717) is 13.1 Å². The van der Waals surface area contributed by atoms with Gasteiger partial charge in [0.15, 0.2) is 5.60 Å². The number of alkyl halides is 3. The second kappa shape index (κ2) is 5.73. The van der Waals surface area contributed by atoms with E-state index in [0.717, 1.165) is 25.3 Å². The summed E-state index contributed by atoms with van der Waals surface area (Å²) >= 11 is 0. The summed E-state index contributed by atoms with van der Waals surface area (Å²) in [6, 6.07) is 0. The van der Waals surface area contributed by atoms with E-state index in [-0.39, 0.29) is 12.8 Å². The van der Waals surface area contributed by atoms with Gasteiger partial charge in [-0.25, -0.2) is 4.98 Å². The molecule has 4 nitrogen and oxygen atoms in total. The Morgan fingerprint density at radius 3 is 2.45 bits per heavy atom. The maximum atomic E-state index is 12.7. The molecule has 1 aromatic heterocycles. The Kier molecular flexibility index (Phi) is 4.39. The Hall–Kier alpha value is -1.08. The molecule has 0 unspecified atom stereocenters. The highest BCUT2D eigenvalue weighted by Gasteiger charge is 2.54. The van der Waals surface area contributed by atoms with Crippen molar-refractivity contribution < 1.29 is 18.3 Å². The topological polar surface area (TPSA) is 41.3 Å². The number of aromatic nitrogens is 2. The number of hydrogen-bond acceptors (Lipinski definition) is 3. The van der Waals surface area contributed by atoms with Gasteiger partial charge in [-0.2, -0.15) is 13.2 Å². The number of aryl methyl sites for hydroxylation is 2. The quantitative estimate of drug-likeness (QED) is 0.922. The van der Waals surface area contributed by atoms with Crippen molar-refractivity contribution in [1.29, 1.82) is 0 Å². The van der Waals surface area contributed by atoms with E-state index in [1.807, 2.05) is 22.6 Å². The Labute approximate surface area is 116 Å². The maximum absolute atomic E-state index is 12.7. The van der Waals surface area contributed by atoms with Gasteiger partial charge in [-0.1, -0.05) is 0 Å². The molecular weight excluding hydrogens is 271 g/mol. The number of rotatable bonds is 4. The zero-order chi connectivity index (χ0) is 14.8. The van der Waals surface area contributed by atoms with Crippen LogP contribution in [0.25, 0.3) is 0 Å². The van der Waals surface area contributed by atoms with Gasteiger partial charge < -0.3 is 14.6 Å². The van der Waals surface area contributed by atoms with Crippen LogP contribution in [0.15, 0.2) is 12.4 Å². The number of halogens is 3. The first-order valence-electron chi connectivity index (χ1n) is 6.81. The van der Waals surface area contributed by atoms with Gasteiger partial charge in [-0.3, -0.25) is 0 Å². The van der Waals surface area contributed by atoms with Gasteiger partial charge in [0.2, 0.25) is 0 Å². The molecule has 1 saturated heterocycles. The average molecular weight is 291 g/mol. The first-order chi connectivity index (χ1) is 9.32. The van der Waals surface area contributed by atoms with Crippen molar-refractivity contribution in [2.24, 2.45) is 0 Å². The van der Waals surface area contributed by atoms with Gasteiger partial charge in [0, 0.05) is 32.0 Å². The molecule has 0 spiro atoms. The molecule has 0 saturated carbocycles. The zero-order valence-electron chi connectivity index (χ0n) is 11.5. The number of likely N-dealkylation sites (tertiary alicyclic amines) is 1. The fourth-order valence-corrected chi connectivity index (χ4v) is 2.53. The van der Waals surface area contributed by atoms with Gasteiger partial charge in [0.25, 0.3) is 0 Å². The Balaban J connectivity index is 1.74. The lowest BCUT2D eigenvalue weighted by molar-refractivity contribution is -0.272. The fraction of sp³-hybridized carbons (Fsp3) is 0.769. The van der Waals surface area contributed by atoms with Crippen LogP contribution in [-0.4, -0.2) is 51.0 Å². The second-order valence-electron chi connectivity index (χ2n) is 5.39. The number of piperidine rings is 1. The van der Waals surface area contributed by atoms with Crippen LogP contribution in [0.5, 0.6) is 0 Å². The lowest BCUT2D eigenvalue weighted by Crippen LogP contribution is -2.53. The van der Waals surface area contributed by atoms with Crippen LogP contribution in [0.1, 0.15) is 25.1 Å². The third-order valence-corrected chi connectivity index (χ3v) is 4.01. The van der Waals surface area contributed by atoms with Gasteiger partial charge >= 0.3 is 6.18 Å². The van der Waals surface area contributed by atoms with Crippen LogP contribution in [0.3, 0.4) is 0 Å². The number of nitrogens with zero attached hydrogens (tertiary/aromatic N) is 3. The van der Waals surface area contributed by atoms with E-state index >= 15 is 0 Å². The predicted molar refractivity (Wildman–Crippen MR) is 68.3 cm³/mol. The molecule has 114 valence electrons. The SMILES string of the molecule is Cc1nccn1CCCN1CCC(O)(C(F)(F)F)CC1. The highest BCUT2D eigenvalue weighted by Crippen LogP contribution is 2.38. The molecule has 1 fully saturated rings. The number of hydrogen-bond donors (Lipinski definition) is 1. The summed E-state index contributed by atoms with van der Waals surface area (Å²) in [5.41, 5.74) is -2.50. The van der Waals surface area contributed by atoms with Crippen LogP contribution < -0.4 is 0 Å². The third kappa shape index (κ3) is 3.32. The van der Waals surface area contributed by atoms with Crippen molar-refractivity contribution in [3.05, 3.63) is 18.2 Å². The third-order valence-electron chi connectivity index (χ3n) is 4.01. The molecule has 7 heteroatoms. The molecule has 2 heterocycles. The van der Waals surface area contributed by atoms with Crippen LogP contribution in [0.4, 0.5) is 13.2 Å². The van der Waals surface area contributed by atoms with Gasteiger partial charge in [0.1, 0.15) is 5.82 Å². The molecule has 20 heavy (non-hydrogen) atoms. The standard InChI is InChI=1S/C13H20F3N3O/c1-11-17-5-10-19(11)7-2-6-18-8-3-12(20,4-9-18)13(14,15)16/h5,10,20H,2-4,6-9H2,1H3. The molecular formula is C13H20F3N3O. The smallest absolute Gasteiger partial charge is 0.380 e. The predicted octanol–water partition coefficient (Wildman–Crippen LogP) is 1.97. The molecule has 0 bridgehead atoms. The highest BCUT2D eigenvalue weighted by atomic mass is 19.4. The lowest BCUT2D eigenvalue weighted by atomic mass is 9.91. The molecule has 0 aliphatic carbocycles. The zero-order valence-corrected chi connectivity index (χ0v) is 11.5. The van der Waals surface area contributed by atoms with Crippen molar-refractivity contribution >= 4 is 0 Å². The number of aliphatic hydroxyl groups is 1. The van der Waals surface area contributed by atoms with Crippen molar-refractivity contribution in [1.82, 2.24) is 14.5 Å². The Bertz CT molecular complexity index is 436. The summed E-state index contributed by atoms with van der Waals surface area (Å²) < 4.78 is 40.0. The van der Waals surface area contributed by atoms with Crippen molar-refractivity contribution in [3.63, 3.8) is 0 Å². The van der Waals surface area contributed by atoms with E-state index in [1.165, 1.54) is 0 Å². The van der Waals surface area contributed by atoms with E-state index in [1.54, 1.807) is 6.20 Å². The molecule has 0 amide bonds. The maximum Gasteiger partial charge on any atom is 0.417 e. The summed E-state index contributed by atoms with van der Waals surface area (Å²) in [7, 11) is 0. The molecule has 0 aromatic carbocycles. The monoisotopic (exact) mass is 291 g/mol. The lowest BCUT2D eigenvalue weighted by Gasteiger charge is -2.39. The van der Waals surface area contributed by atoms with Crippen molar-refractivity contribution in [2.75, 3.05) is 19.6 Å². The summed E-state index contributed by atoms with van der Waals surface area (Å²) in [4.78, 5) is 6.10. The minimum atomic E-state index is -4.52. The number of imidazole rings is 1. The first kappa shape index (κ1) is 15.3. The summed E-state index contributed by atoms with van der Waals surface area (Å²) in [6.45, 7) is 4.06.